The van der Waals surface area contributed by atoms with Crippen molar-refractivity contribution in [1.29, 1.82) is 0 Å². The molecule has 56 valence electrons. The molecule has 0 spiro atoms. The molecule has 0 atom stereocenters. The van der Waals surface area contributed by atoms with Crippen molar-refractivity contribution in [3.05, 3.63) is 30.5 Å². The van der Waals surface area contributed by atoms with Crippen LogP contribution in [0.5, 0.6) is 0 Å². The normalized spacial score (nSPS) is 8.50. The summed E-state index contributed by atoms with van der Waals surface area (Å²) in [6.45, 7) is 7.15. The van der Waals surface area contributed by atoms with Crippen LogP contribution < -0.4 is 0 Å². The van der Waals surface area contributed by atoms with Gasteiger partial charge in [-0.05, 0) is 24.8 Å². The average molecular weight is 138 g/mol. The highest BCUT2D eigenvalue weighted by molar-refractivity contribution is 4.98. The van der Waals surface area contributed by atoms with Crippen molar-refractivity contribution in [2.75, 3.05) is 6.61 Å². The van der Waals surface area contributed by atoms with Gasteiger partial charge in [-0.1, -0.05) is 12.7 Å². The Morgan fingerprint density at radius 3 is 2.70 bits per heavy atom. The Morgan fingerprint density at radius 1 is 1.60 bits per heavy atom. The Labute approximate surface area is 62.4 Å². The molecule has 0 aliphatic rings. The Hall–Kier alpha value is -0.780. The highest BCUT2D eigenvalue weighted by Gasteiger charge is 1.91. The molecule has 0 aromatic heterocycles. The van der Waals surface area contributed by atoms with Crippen LogP contribution in [0.25, 0.3) is 0 Å². The molecule has 1 N–H and O–H groups in total. The molecule has 0 aromatic carbocycles. The van der Waals surface area contributed by atoms with Crippen LogP contribution in [0.2, 0.25) is 0 Å². The van der Waals surface area contributed by atoms with Gasteiger partial charge in [0.1, 0.15) is 0 Å². The van der Waals surface area contributed by atoms with E-state index in [0.717, 1.165) is 24.8 Å². The summed E-state index contributed by atoms with van der Waals surface area (Å²) in [5.74, 6) is 0. The molecule has 0 amide bonds. The summed E-state index contributed by atoms with van der Waals surface area (Å²) in [6.07, 6.45) is 4.77. The van der Waals surface area contributed by atoms with Gasteiger partial charge in [0.15, 0.2) is 0 Å². The largest absolute Gasteiger partial charge is 0.391 e. The Kier molecular flexibility index (Phi) is 5.85. The first-order valence-corrected chi connectivity index (χ1v) is 3.44. The average Bonchev–Trinajstić information content (AvgIpc) is 1.99. The first kappa shape index (κ1) is 9.22. The summed E-state index contributed by atoms with van der Waals surface area (Å²) in [5.41, 5.74) is 3.58. The van der Waals surface area contributed by atoms with Crippen LogP contribution in [-0.4, -0.2) is 11.7 Å². The predicted molar refractivity (Wildman–Crippen MR) is 43.8 cm³/mol. The topological polar surface area (TPSA) is 20.2 Å². The van der Waals surface area contributed by atoms with Gasteiger partial charge in [-0.3, -0.25) is 0 Å². The molecule has 0 aromatic rings. The highest BCUT2D eigenvalue weighted by atomic mass is 16.3. The number of hydrogen-bond acceptors (Lipinski definition) is 1. The van der Waals surface area contributed by atoms with Gasteiger partial charge >= 0.3 is 0 Å². The van der Waals surface area contributed by atoms with Gasteiger partial charge in [-0.2, -0.15) is 0 Å². The van der Waals surface area contributed by atoms with Gasteiger partial charge in [0.05, 0.1) is 6.61 Å². The lowest BCUT2D eigenvalue weighted by Gasteiger charge is -1.96. The maximum Gasteiger partial charge on any atom is 0.0715 e. The van der Waals surface area contributed by atoms with Crippen molar-refractivity contribution in [3.8, 4) is 0 Å². The molecular weight excluding hydrogens is 124 g/mol. The van der Waals surface area contributed by atoms with Crippen molar-refractivity contribution in [2.45, 2.75) is 19.3 Å². The van der Waals surface area contributed by atoms with Crippen LogP contribution in [0.3, 0.4) is 0 Å². The Bertz CT molecular complexity index is 141. The fourth-order valence-electron chi connectivity index (χ4n) is 0.683. The third-order valence-corrected chi connectivity index (χ3v) is 1.33. The molecule has 0 radical (unpaired) electrons. The summed E-state index contributed by atoms with van der Waals surface area (Å²) in [7, 11) is 0. The van der Waals surface area contributed by atoms with Crippen molar-refractivity contribution in [1.82, 2.24) is 0 Å². The van der Waals surface area contributed by atoms with Crippen molar-refractivity contribution in [3.63, 3.8) is 0 Å². The SMILES string of the molecule is C=C=C(CO)CCCC=C. The van der Waals surface area contributed by atoms with E-state index in [0.29, 0.717) is 0 Å². The summed E-state index contributed by atoms with van der Waals surface area (Å²) in [6, 6.07) is 0. The minimum absolute atomic E-state index is 0.0840. The van der Waals surface area contributed by atoms with E-state index >= 15 is 0 Å². The number of aliphatic hydroxyl groups excluding tert-OH is 1. The fraction of sp³-hybridized carbons (Fsp3) is 0.444. The molecule has 0 fully saturated rings. The molecule has 1 heteroatoms. The van der Waals surface area contributed by atoms with Crippen LogP contribution in [0, 0.1) is 0 Å². The molecule has 0 rings (SSSR count). The lowest BCUT2D eigenvalue weighted by molar-refractivity contribution is 0.326. The number of aliphatic hydroxyl groups is 1. The number of allylic oxidation sites excluding steroid dienone is 1. The molecule has 0 saturated heterocycles. The van der Waals surface area contributed by atoms with Gasteiger partial charge in [0.2, 0.25) is 0 Å². The molecule has 0 unspecified atom stereocenters. The second-order valence-corrected chi connectivity index (χ2v) is 2.12. The van der Waals surface area contributed by atoms with Gasteiger partial charge < -0.3 is 5.11 Å². The molecule has 0 bridgehead atoms. The Morgan fingerprint density at radius 2 is 2.30 bits per heavy atom. The molecular formula is C9H14O. The van der Waals surface area contributed by atoms with Crippen molar-refractivity contribution >= 4 is 0 Å². The molecule has 0 heterocycles. The monoisotopic (exact) mass is 138 g/mol. The van der Waals surface area contributed by atoms with Gasteiger partial charge in [-0.25, -0.2) is 0 Å². The molecule has 0 saturated carbocycles. The third-order valence-electron chi connectivity index (χ3n) is 1.33. The summed E-state index contributed by atoms with van der Waals surface area (Å²) in [4.78, 5) is 0. The van der Waals surface area contributed by atoms with Crippen LogP contribution >= 0.6 is 0 Å². The summed E-state index contributed by atoms with van der Waals surface area (Å²) < 4.78 is 0. The second-order valence-electron chi connectivity index (χ2n) is 2.12. The van der Waals surface area contributed by atoms with Crippen LogP contribution in [-0.2, 0) is 0 Å². The maximum absolute atomic E-state index is 8.66. The van der Waals surface area contributed by atoms with E-state index in [2.05, 4.69) is 18.9 Å². The Balaban J connectivity index is 3.46. The van der Waals surface area contributed by atoms with E-state index in [9.17, 15) is 0 Å². The molecule has 1 nitrogen and oxygen atoms in total. The quantitative estimate of drug-likeness (QED) is 0.350. The first-order chi connectivity index (χ1) is 4.85. The van der Waals surface area contributed by atoms with Crippen molar-refractivity contribution < 1.29 is 5.11 Å². The smallest absolute Gasteiger partial charge is 0.0715 e. The van der Waals surface area contributed by atoms with E-state index < -0.39 is 0 Å². The van der Waals surface area contributed by atoms with Crippen LogP contribution in [0.1, 0.15) is 19.3 Å². The van der Waals surface area contributed by atoms with E-state index in [1.165, 1.54) is 0 Å². The van der Waals surface area contributed by atoms with E-state index in [1.54, 1.807) is 0 Å². The number of unbranched alkanes of at least 4 members (excludes halogenated alkanes) is 1. The van der Waals surface area contributed by atoms with E-state index in [4.69, 9.17) is 5.11 Å². The molecule has 0 aliphatic carbocycles. The zero-order valence-electron chi connectivity index (χ0n) is 6.27. The molecule has 10 heavy (non-hydrogen) atoms. The second kappa shape index (κ2) is 6.34. The van der Waals surface area contributed by atoms with E-state index in [-0.39, 0.29) is 6.61 Å². The lowest BCUT2D eigenvalue weighted by atomic mass is 10.1. The van der Waals surface area contributed by atoms with Crippen molar-refractivity contribution in [2.24, 2.45) is 0 Å². The van der Waals surface area contributed by atoms with Gasteiger partial charge in [0.25, 0.3) is 0 Å². The predicted octanol–water partition coefficient (Wildman–Crippen LogP) is 2.05. The van der Waals surface area contributed by atoms with Crippen LogP contribution in [0.15, 0.2) is 30.5 Å². The van der Waals surface area contributed by atoms with Crippen LogP contribution in [0.4, 0.5) is 0 Å². The zero-order chi connectivity index (χ0) is 7.82. The minimum Gasteiger partial charge on any atom is -0.391 e. The minimum atomic E-state index is 0.0840. The maximum atomic E-state index is 8.66. The number of rotatable bonds is 5. The summed E-state index contributed by atoms with van der Waals surface area (Å²) >= 11 is 0. The van der Waals surface area contributed by atoms with E-state index in [1.807, 2.05) is 6.08 Å². The standard InChI is InChI=1S/C9H14O/c1-3-5-6-7-9(4-2)8-10/h3,10H,1-2,5-8H2. The third kappa shape index (κ3) is 4.13. The van der Waals surface area contributed by atoms with Gasteiger partial charge in [-0.15, -0.1) is 12.3 Å². The highest BCUT2D eigenvalue weighted by Crippen LogP contribution is 2.04. The summed E-state index contributed by atoms with van der Waals surface area (Å²) in [5, 5.41) is 8.66. The fourth-order valence-corrected chi connectivity index (χ4v) is 0.683. The molecule has 0 aliphatic heterocycles. The lowest BCUT2D eigenvalue weighted by Crippen LogP contribution is -1.87. The number of hydrogen-bond donors (Lipinski definition) is 1. The zero-order valence-corrected chi connectivity index (χ0v) is 6.27. The first-order valence-electron chi connectivity index (χ1n) is 3.44. The van der Waals surface area contributed by atoms with Gasteiger partial charge in [0, 0.05) is 0 Å².